The standard InChI is InChI=1S/C14H19FN2O/c1-9-4-3-5-12(10(9)2)17-14(18)11-6-7-16-13(15)8-11/h6-10,12H,3-5H2,1-2H3,(H,17,18)/t9-,10-,12-/m1/s1. The minimum atomic E-state index is -0.618. The Hall–Kier alpha value is -1.45. The van der Waals surface area contributed by atoms with Gasteiger partial charge in [-0.1, -0.05) is 26.7 Å². The number of nitrogens with zero attached hydrogens (tertiary/aromatic N) is 1. The van der Waals surface area contributed by atoms with Gasteiger partial charge in [-0.25, -0.2) is 4.98 Å². The number of halogens is 1. The zero-order valence-electron chi connectivity index (χ0n) is 10.8. The van der Waals surface area contributed by atoms with Gasteiger partial charge in [-0.2, -0.15) is 4.39 Å². The number of carbonyl (C=O) groups excluding carboxylic acids is 1. The van der Waals surface area contributed by atoms with Gasteiger partial charge in [0, 0.05) is 23.9 Å². The number of pyridine rings is 1. The van der Waals surface area contributed by atoms with Gasteiger partial charge in [-0.05, 0) is 24.3 Å². The molecule has 1 aromatic rings. The molecule has 1 aliphatic carbocycles. The first-order valence-electron chi connectivity index (χ1n) is 6.50. The minimum Gasteiger partial charge on any atom is -0.349 e. The van der Waals surface area contributed by atoms with Gasteiger partial charge in [0.1, 0.15) is 0 Å². The first kappa shape index (κ1) is 13.0. The van der Waals surface area contributed by atoms with Crippen molar-refractivity contribution in [1.29, 1.82) is 0 Å². The zero-order valence-corrected chi connectivity index (χ0v) is 10.8. The molecule has 1 amide bonds. The number of amides is 1. The lowest BCUT2D eigenvalue weighted by Crippen LogP contribution is -2.43. The molecule has 98 valence electrons. The van der Waals surface area contributed by atoms with Gasteiger partial charge in [0.2, 0.25) is 5.95 Å². The summed E-state index contributed by atoms with van der Waals surface area (Å²) >= 11 is 0. The van der Waals surface area contributed by atoms with Gasteiger partial charge in [0.15, 0.2) is 0 Å². The first-order valence-corrected chi connectivity index (χ1v) is 6.50. The average molecular weight is 250 g/mol. The molecule has 0 spiro atoms. The van der Waals surface area contributed by atoms with E-state index < -0.39 is 5.95 Å². The molecule has 0 bridgehead atoms. The second-order valence-electron chi connectivity index (χ2n) is 5.21. The Kier molecular flexibility index (Phi) is 3.94. The summed E-state index contributed by atoms with van der Waals surface area (Å²) in [6.07, 6.45) is 4.68. The maximum atomic E-state index is 13.0. The Labute approximate surface area is 107 Å². The number of hydrogen-bond acceptors (Lipinski definition) is 2. The van der Waals surface area contributed by atoms with Gasteiger partial charge in [-0.15, -0.1) is 0 Å². The van der Waals surface area contributed by atoms with Crippen molar-refractivity contribution in [3.8, 4) is 0 Å². The molecule has 1 aliphatic rings. The Morgan fingerprint density at radius 1 is 1.44 bits per heavy atom. The van der Waals surface area contributed by atoms with E-state index in [1.54, 1.807) is 0 Å². The molecular formula is C14H19FN2O. The topological polar surface area (TPSA) is 42.0 Å². The second-order valence-corrected chi connectivity index (χ2v) is 5.21. The van der Waals surface area contributed by atoms with Crippen LogP contribution in [0.1, 0.15) is 43.5 Å². The Balaban J connectivity index is 2.03. The summed E-state index contributed by atoms with van der Waals surface area (Å²) in [5.41, 5.74) is 0.341. The molecule has 1 fully saturated rings. The lowest BCUT2D eigenvalue weighted by Gasteiger charge is -2.34. The van der Waals surface area contributed by atoms with E-state index in [0.717, 1.165) is 12.8 Å². The molecule has 0 saturated heterocycles. The summed E-state index contributed by atoms with van der Waals surface area (Å²) in [6.45, 7) is 4.39. The molecule has 1 N–H and O–H groups in total. The van der Waals surface area contributed by atoms with Crippen LogP contribution in [-0.4, -0.2) is 16.9 Å². The fraction of sp³-hybridized carbons (Fsp3) is 0.571. The molecule has 3 nitrogen and oxygen atoms in total. The summed E-state index contributed by atoms with van der Waals surface area (Å²) in [6, 6.07) is 2.90. The summed E-state index contributed by atoms with van der Waals surface area (Å²) in [5.74, 6) is 0.266. The third-order valence-corrected chi connectivity index (χ3v) is 4.01. The third-order valence-electron chi connectivity index (χ3n) is 4.01. The van der Waals surface area contributed by atoms with Gasteiger partial charge in [-0.3, -0.25) is 4.79 Å². The van der Waals surface area contributed by atoms with Gasteiger partial charge < -0.3 is 5.32 Å². The lowest BCUT2D eigenvalue weighted by atomic mass is 9.78. The maximum absolute atomic E-state index is 13.0. The van der Waals surface area contributed by atoms with E-state index >= 15 is 0 Å². The smallest absolute Gasteiger partial charge is 0.251 e. The van der Waals surface area contributed by atoms with Crippen LogP contribution in [0.4, 0.5) is 4.39 Å². The van der Waals surface area contributed by atoms with E-state index in [0.29, 0.717) is 17.4 Å². The van der Waals surface area contributed by atoms with Gasteiger partial charge >= 0.3 is 0 Å². The minimum absolute atomic E-state index is 0.192. The number of rotatable bonds is 2. The predicted molar refractivity (Wildman–Crippen MR) is 67.6 cm³/mol. The highest BCUT2D eigenvalue weighted by atomic mass is 19.1. The molecule has 0 radical (unpaired) electrons. The highest BCUT2D eigenvalue weighted by molar-refractivity contribution is 5.94. The molecule has 0 unspecified atom stereocenters. The largest absolute Gasteiger partial charge is 0.349 e. The van der Waals surface area contributed by atoms with Crippen LogP contribution in [0.5, 0.6) is 0 Å². The average Bonchev–Trinajstić information content (AvgIpc) is 2.35. The Morgan fingerprint density at radius 2 is 2.22 bits per heavy atom. The fourth-order valence-electron chi connectivity index (χ4n) is 2.58. The normalized spacial score (nSPS) is 27.8. The third kappa shape index (κ3) is 2.86. The van der Waals surface area contributed by atoms with E-state index in [1.807, 2.05) is 0 Å². The Morgan fingerprint density at radius 3 is 2.94 bits per heavy atom. The van der Waals surface area contributed by atoms with Crippen LogP contribution in [0.2, 0.25) is 0 Å². The van der Waals surface area contributed by atoms with E-state index in [9.17, 15) is 9.18 Å². The summed E-state index contributed by atoms with van der Waals surface area (Å²) in [7, 11) is 0. The number of carbonyl (C=O) groups is 1. The van der Waals surface area contributed by atoms with Gasteiger partial charge in [0.05, 0.1) is 0 Å². The lowest BCUT2D eigenvalue weighted by molar-refractivity contribution is 0.0890. The molecule has 0 aromatic carbocycles. The van der Waals surface area contributed by atoms with E-state index in [4.69, 9.17) is 0 Å². The van der Waals surface area contributed by atoms with E-state index in [-0.39, 0.29) is 11.9 Å². The van der Waals surface area contributed by atoms with E-state index in [2.05, 4.69) is 24.1 Å². The molecule has 3 atom stereocenters. The van der Waals surface area contributed by atoms with E-state index in [1.165, 1.54) is 24.8 Å². The van der Waals surface area contributed by atoms with Crippen LogP contribution in [0.3, 0.4) is 0 Å². The predicted octanol–water partition coefficient (Wildman–Crippen LogP) is 2.78. The van der Waals surface area contributed by atoms with Crippen molar-refractivity contribution in [3.05, 3.63) is 29.8 Å². The molecule has 4 heteroatoms. The van der Waals surface area contributed by atoms with Crippen LogP contribution in [0.25, 0.3) is 0 Å². The number of hydrogen-bond donors (Lipinski definition) is 1. The zero-order chi connectivity index (χ0) is 13.1. The summed E-state index contributed by atoms with van der Waals surface area (Å²) in [4.78, 5) is 15.5. The number of aromatic nitrogens is 1. The SMILES string of the molecule is C[C@@H]1[C@H](C)CCC[C@H]1NC(=O)c1ccnc(F)c1. The van der Waals surface area contributed by atoms with Crippen LogP contribution in [0, 0.1) is 17.8 Å². The van der Waals surface area contributed by atoms with Crippen LogP contribution < -0.4 is 5.32 Å². The van der Waals surface area contributed by atoms with Crippen molar-refractivity contribution >= 4 is 5.91 Å². The van der Waals surface area contributed by atoms with Crippen LogP contribution in [-0.2, 0) is 0 Å². The highest BCUT2D eigenvalue weighted by Crippen LogP contribution is 2.29. The van der Waals surface area contributed by atoms with Crippen molar-refractivity contribution in [1.82, 2.24) is 10.3 Å². The van der Waals surface area contributed by atoms with Gasteiger partial charge in [0.25, 0.3) is 5.91 Å². The quantitative estimate of drug-likeness (QED) is 0.820. The van der Waals surface area contributed by atoms with Crippen molar-refractivity contribution in [2.45, 2.75) is 39.2 Å². The van der Waals surface area contributed by atoms with Crippen molar-refractivity contribution in [3.63, 3.8) is 0 Å². The molecular weight excluding hydrogens is 231 g/mol. The molecule has 2 rings (SSSR count). The molecule has 1 saturated carbocycles. The van der Waals surface area contributed by atoms with Crippen LogP contribution in [0.15, 0.2) is 18.3 Å². The van der Waals surface area contributed by atoms with Crippen molar-refractivity contribution < 1.29 is 9.18 Å². The molecule has 0 aliphatic heterocycles. The fourth-order valence-corrected chi connectivity index (χ4v) is 2.58. The van der Waals surface area contributed by atoms with Crippen molar-refractivity contribution in [2.24, 2.45) is 11.8 Å². The molecule has 18 heavy (non-hydrogen) atoms. The highest BCUT2D eigenvalue weighted by Gasteiger charge is 2.28. The molecule has 1 heterocycles. The summed E-state index contributed by atoms with van der Waals surface area (Å²) < 4.78 is 13.0. The molecule has 1 aromatic heterocycles. The van der Waals surface area contributed by atoms with Crippen LogP contribution >= 0.6 is 0 Å². The number of nitrogens with one attached hydrogen (secondary N) is 1. The maximum Gasteiger partial charge on any atom is 0.251 e. The first-order chi connectivity index (χ1) is 8.58. The summed E-state index contributed by atoms with van der Waals surface area (Å²) in [5, 5.41) is 3.01. The monoisotopic (exact) mass is 250 g/mol. The second kappa shape index (κ2) is 5.46. The Bertz CT molecular complexity index is 436. The van der Waals surface area contributed by atoms with Crippen molar-refractivity contribution in [2.75, 3.05) is 0 Å².